The number of rotatable bonds is 1. The van der Waals surface area contributed by atoms with E-state index in [2.05, 4.69) is 0 Å². The lowest BCUT2D eigenvalue weighted by molar-refractivity contribution is -0.161. The van der Waals surface area contributed by atoms with Crippen LogP contribution < -0.4 is 0 Å². The summed E-state index contributed by atoms with van der Waals surface area (Å²) in [5, 5.41) is 11.4. The van der Waals surface area contributed by atoms with Crippen molar-refractivity contribution >= 4 is 11.6 Å². The molecule has 1 spiro atoms. The van der Waals surface area contributed by atoms with Crippen LogP contribution in [0.15, 0.2) is 23.8 Å². The van der Waals surface area contributed by atoms with E-state index < -0.39 is 28.2 Å². The molecule has 4 fully saturated rings. The van der Waals surface area contributed by atoms with Crippen molar-refractivity contribution in [1.82, 2.24) is 0 Å². The zero-order valence-electron chi connectivity index (χ0n) is 16.3. The van der Waals surface area contributed by atoms with E-state index in [1.165, 1.54) is 19.1 Å². The van der Waals surface area contributed by atoms with Crippen molar-refractivity contribution in [3.8, 4) is 0 Å². The lowest BCUT2D eigenvalue weighted by atomic mass is 9.46. The van der Waals surface area contributed by atoms with Gasteiger partial charge in [0.1, 0.15) is 17.4 Å². The number of carbonyl (C=O) groups is 2. The second kappa shape index (κ2) is 4.80. The van der Waals surface area contributed by atoms with Crippen molar-refractivity contribution in [3.63, 3.8) is 0 Å². The van der Waals surface area contributed by atoms with Gasteiger partial charge in [0.15, 0.2) is 11.6 Å². The van der Waals surface area contributed by atoms with Gasteiger partial charge in [-0.15, -0.1) is 0 Å². The maximum Gasteiger partial charge on any atom is 0.178 e. The van der Waals surface area contributed by atoms with Crippen LogP contribution in [-0.4, -0.2) is 40.2 Å². The molecule has 4 nitrogen and oxygen atoms in total. The second-order valence-electron chi connectivity index (χ2n) is 9.93. The first-order chi connectivity index (χ1) is 12.5. The number of hydrogen-bond donors (Lipinski definition) is 1. The molecule has 27 heavy (non-hydrogen) atoms. The molecule has 1 N–H and O–H groups in total. The number of alkyl halides is 1. The molecule has 1 aliphatic heterocycles. The molecule has 146 valence electrons. The van der Waals surface area contributed by atoms with E-state index in [-0.39, 0.29) is 35.4 Å². The average molecular weight is 374 g/mol. The van der Waals surface area contributed by atoms with Crippen LogP contribution in [-0.2, 0) is 14.3 Å². The predicted molar refractivity (Wildman–Crippen MR) is 96.6 cm³/mol. The van der Waals surface area contributed by atoms with Gasteiger partial charge in [-0.05, 0) is 68.6 Å². The number of ether oxygens (including phenoxy) is 1. The van der Waals surface area contributed by atoms with Crippen LogP contribution >= 0.6 is 0 Å². The molecule has 0 aromatic rings. The fourth-order valence-electron chi connectivity index (χ4n) is 7.73. The number of aliphatic hydroxyl groups is 1. The summed E-state index contributed by atoms with van der Waals surface area (Å²) >= 11 is 0. The van der Waals surface area contributed by atoms with Crippen molar-refractivity contribution in [3.05, 3.63) is 23.8 Å². The summed E-state index contributed by atoms with van der Waals surface area (Å²) in [6, 6.07) is 0. The number of allylic oxidation sites excluding steroid dienone is 2. The van der Waals surface area contributed by atoms with Crippen LogP contribution in [0.25, 0.3) is 0 Å². The SMILES string of the molecule is CC(=O)[C@@]1(O)[C@H](C)CC2C3C[C@H](F)C4=CC(=O)C=C[C@]4(C)[C@@]34O[C@H]4C[C@@]21C. The molecule has 2 unspecified atom stereocenters. The van der Waals surface area contributed by atoms with Crippen LogP contribution in [0, 0.1) is 28.6 Å². The Morgan fingerprint density at radius 3 is 2.67 bits per heavy atom. The van der Waals surface area contributed by atoms with Crippen LogP contribution in [0.1, 0.15) is 47.0 Å². The fraction of sp³-hybridized carbons (Fsp3) is 0.727. The summed E-state index contributed by atoms with van der Waals surface area (Å²) < 4.78 is 21.6. The molecule has 3 saturated carbocycles. The van der Waals surface area contributed by atoms with E-state index >= 15 is 4.39 Å². The maximum absolute atomic E-state index is 15.3. The van der Waals surface area contributed by atoms with Crippen molar-refractivity contribution in [2.24, 2.45) is 28.6 Å². The first-order valence-electron chi connectivity index (χ1n) is 10.0. The van der Waals surface area contributed by atoms with Crippen LogP contribution in [0.5, 0.6) is 0 Å². The molecule has 0 radical (unpaired) electrons. The van der Waals surface area contributed by atoms with Gasteiger partial charge in [0.05, 0.1) is 6.10 Å². The van der Waals surface area contributed by atoms with Gasteiger partial charge in [0, 0.05) is 10.8 Å². The minimum absolute atomic E-state index is 0.0165. The van der Waals surface area contributed by atoms with E-state index in [0.717, 1.165) is 0 Å². The van der Waals surface area contributed by atoms with E-state index in [1.54, 1.807) is 0 Å². The monoisotopic (exact) mass is 374 g/mol. The van der Waals surface area contributed by atoms with Crippen molar-refractivity contribution in [2.45, 2.75) is 70.4 Å². The van der Waals surface area contributed by atoms with Gasteiger partial charge in [-0.3, -0.25) is 9.59 Å². The van der Waals surface area contributed by atoms with E-state index in [0.29, 0.717) is 24.8 Å². The number of Topliss-reactive ketones (excluding diaryl/α,β-unsaturated/α-hetero) is 1. The number of halogens is 1. The molecular weight excluding hydrogens is 347 g/mol. The summed E-state index contributed by atoms with van der Waals surface area (Å²) in [5.41, 5.74) is -2.64. The number of carbonyl (C=O) groups excluding carboxylic acids is 2. The van der Waals surface area contributed by atoms with Crippen molar-refractivity contribution < 1.29 is 23.8 Å². The lowest BCUT2D eigenvalue weighted by Gasteiger charge is -2.56. The largest absolute Gasteiger partial charge is 0.381 e. The zero-order chi connectivity index (χ0) is 19.6. The summed E-state index contributed by atoms with van der Waals surface area (Å²) in [5.74, 6) is -0.588. The Labute approximate surface area is 158 Å². The molecule has 0 aromatic heterocycles. The Morgan fingerprint density at radius 1 is 1.30 bits per heavy atom. The van der Waals surface area contributed by atoms with E-state index in [9.17, 15) is 14.7 Å². The molecule has 0 amide bonds. The minimum Gasteiger partial charge on any atom is -0.381 e. The van der Waals surface area contributed by atoms with Gasteiger partial charge in [0.2, 0.25) is 0 Å². The third-order valence-electron chi connectivity index (χ3n) is 9.04. The Bertz CT molecular complexity index is 832. The third-order valence-corrected chi connectivity index (χ3v) is 9.04. The normalized spacial score (nSPS) is 57.9. The Hall–Kier alpha value is -1.33. The highest BCUT2D eigenvalue weighted by atomic mass is 19.1. The summed E-state index contributed by atoms with van der Waals surface area (Å²) in [4.78, 5) is 24.4. The highest BCUT2D eigenvalue weighted by molar-refractivity contribution is 6.01. The smallest absolute Gasteiger partial charge is 0.178 e. The molecule has 9 atom stereocenters. The van der Waals surface area contributed by atoms with Gasteiger partial charge in [-0.25, -0.2) is 4.39 Å². The Kier molecular flexibility index (Phi) is 3.15. The summed E-state index contributed by atoms with van der Waals surface area (Å²) in [6.45, 7) is 7.39. The number of ketones is 2. The van der Waals surface area contributed by atoms with Crippen molar-refractivity contribution in [2.75, 3.05) is 0 Å². The number of fused-ring (bicyclic) bond motifs is 3. The molecular formula is C22H27FO4. The molecule has 0 aromatic carbocycles. The summed E-state index contributed by atoms with van der Waals surface area (Å²) in [6.07, 6.45) is 5.07. The van der Waals surface area contributed by atoms with Gasteiger partial charge in [-0.2, -0.15) is 0 Å². The Morgan fingerprint density at radius 2 is 2.00 bits per heavy atom. The molecule has 5 heteroatoms. The standard InChI is InChI=1S/C22H27FO4/c1-11-7-14-15-9-17(23)16-8-13(25)5-6-19(16,3)22(15)18(27-22)10-20(14,4)21(11,26)12(2)24/h5-6,8,11,14-15,17-18,26H,7,9-10H2,1-4H3/t11-,14?,15?,17+,18+,19+,20+,21+,22-/m1/s1. The quantitative estimate of drug-likeness (QED) is 0.717. The van der Waals surface area contributed by atoms with Gasteiger partial charge in [0.25, 0.3) is 0 Å². The lowest BCUT2D eigenvalue weighted by Crippen LogP contribution is -2.62. The minimum atomic E-state index is -1.39. The fourth-order valence-corrected chi connectivity index (χ4v) is 7.73. The van der Waals surface area contributed by atoms with Crippen LogP contribution in [0.3, 0.4) is 0 Å². The third kappa shape index (κ3) is 1.69. The molecule has 5 rings (SSSR count). The molecule has 4 aliphatic carbocycles. The number of epoxide rings is 1. The zero-order valence-corrected chi connectivity index (χ0v) is 16.3. The van der Waals surface area contributed by atoms with Gasteiger partial charge in [-0.1, -0.05) is 19.9 Å². The second-order valence-corrected chi connectivity index (χ2v) is 9.93. The molecule has 5 aliphatic rings. The highest BCUT2D eigenvalue weighted by Crippen LogP contribution is 2.76. The predicted octanol–water partition coefficient (Wildman–Crippen LogP) is 2.94. The average Bonchev–Trinajstić information content (AvgIpc) is 3.27. The van der Waals surface area contributed by atoms with E-state index in [4.69, 9.17) is 4.74 Å². The molecule has 1 saturated heterocycles. The first kappa shape index (κ1) is 17.7. The Balaban J connectivity index is 1.64. The van der Waals surface area contributed by atoms with Crippen LogP contribution in [0.4, 0.5) is 4.39 Å². The maximum atomic E-state index is 15.3. The number of hydrogen-bond acceptors (Lipinski definition) is 4. The summed E-state index contributed by atoms with van der Waals surface area (Å²) in [7, 11) is 0. The first-order valence-corrected chi connectivity index (χ1v) is 10.0. The highest BCUT2D eigenvalue weighted by Gasteiger charge is 2.82. The van der Waals surface area contributed by atoms with Crippen LogP contribution in [0.2, 0.25) is 0 Å². The van der Waals surface area contributed by atoms with Crippen molar-refractivity contribution in [1.29, 1.82) is 0 Å². The van der Waals surface area contributed by atoms with E-state index in [1.807, 2.05) is 26.8 Å². The molecule has 0 bridgehead atoms. The van der Waals surface area contributed by atoms with Gasteiger partial charge < -0.3 is 9.84 Å². The topological polar surface area (TPSA) is 66.9 Å². The molecule has 1 heterocycles. The van der Waals surface area contributed by atoms with Gasteiger partial charge >= 0.3 is 0 Å².